The second-order valence-electron chi connectivity index (χ2n) is 6.45. The van der Waals surface area contributed by atoms with Gasteiger partial charge in [-0.1, -0.05) is 42.5 Å². The van der Waals surface area contributed by atoms with Crippen molar-refractivity contribution in [2.75, 3.05) is 26.2 Å². The normalized spacial score (nSPS) is 19.0. The predicted molar refractivity (Wildman–Crippen MR) is 95.9 cm³/mol. The fraction of sp³-hybridized carbons (Fsp3) is 0.400. The molecule has 1 aliphatic heterocycles. The van der Waals surface area contributed by atoms with E-state index in [9.17, 15) is 5.11 Å². The Kier molecular flexibility index (Phi) is 4.99. The van der Waals surface area contributed by atoms with Gasteiger partial charge in [0.2, 0.25) is 0 Å². The van der Waals surface area contributed by atoms with Crippen LogP contribution in [0, 0.1) is 6.92 Å². The van der Waals surface area contributed by atoms with Crippen LogP contribution in [0.25, 0.3) is 11.1 Å². The fourth-order valence-electron chi connectivity index (χ4n) is 3.34. The Morgan fingerprint density at radius 2 is 1.96 bits per heavy atom. The molecule has 2 aromatic carbocycles. The molecule has 0 bridgehead atoms. The second kappa shape index (κ2) is 7.16. The van der Waals surface area contributed by atoms with E-state index in [1.54, 1.807) is 0 Å². The zero-order valence-electron chi connectivity index (χ0n) is 14.0. The maximum atomic E-state index is 10.6. The van der Waals surface area contributed by atoms with E-state index in [2.05, 4.69) is 23.2 Å². The van der Waals surface area contributed by atoms with Crippen LogP contribution in [0.5, 0.6) is 5.75 Å². The van der Waals surface area contributed by atoms with E-state index in [1.165, 1.54) is 5.56 Å². The van der Waals surface area contributed by atoms with Crippen LogP contribution in [-0.2, 0) is 6.42 Å². The zero-order valence-corrected chi connectivity index (χ0v) is 14.0. The van der Waals surface area contributed by atoms with E-state index in [4.69, 9.17) is 0 Å². The minimum Gasteiger partial charge on any atom is -0.507 e. The highest BCUT2D eigenvalue weighted by molar-refractivity contribution is 5.72. The van der Waals surface area contributed by atoms with Gasteiger partial charge in [0.25, 0.3) is 0 Å². The lowest BCUT2D eigenvalue weighted by atomic mass is 9.96. The number of aromatic hydroxyl groups is 1. The summed E-state index contributed by atoms with van der Waals surface area (Å²) < 4.78 is 0. The summed E-state index contributed by atoms with van der Waals surface area (Å²) in [7, 11) is 0. The van der Waals surface area contributed by atoms with Gasteiger partial charge in [0.1, 0.15) is 5.75 Å². The molecule has 0 amide bonds. The first-order valence-corrected chi connectivity index (χ1v) is 8.48. The molecule has 1 atom stereocenters. The third-order valence-electron chi connectivity index (χ3n) is 4.94. The Morgan fingerprint density at radius 1 is 1.17 bits per heavy atom. The summed E-state index contributed by atoms with van der Waals surface area (Å²) in [6, 6.07) is 14.9. The summed E-state index contributed by atoms with van der Waals surface area (Å²) in [6.07, 6.45) is 0.985. The summed E-state index contributed by atoms with van der Waals surface area (Å²) in [5, 5.41) is 14.0. The first-order valence-electron chi connectivity index (χ1n) is 8.48. The summed E-state index contributed by atoms with van der Waals surface area (Å²) in [4.78, 5) is 2.53. The van der Waals surface area contributed by atoms with Crippen molar-refractivity contribution in [3.63, 3.8) is 0 Å². The Morgan fingerprint density at radius 3 is 2.70 bits per heavy atom. The van der Waals surface area contributed by atoms with Gasteiger partial charge in [-0.15, -0.1) is 0 Å². The van der Waals surface area contributed by atoms with Gasteiger partial charge < -0.3 is 10.4 Å². The molecular weight excluding hydrogens is 284 g/mol. The minimum atomic E-state index is 0.419. The molecule has 122 valence electrons. The fourth-order valence-corrected chi connectivity index (χ4v) is 3.34. The largest absolute Gasteiger partial charge is 0.507 e. The van der Waals surface area contributed by atoms with Crippen LogP contribution in [0.4, 0.5) is 0 Å². The number of nitrogens with one attached hydrogen (secondary N) is 1. The maximum absolute atomic E-state index is 10.6. The average molecular weight is 310 g/mol. The summed E-state index contributed by atoms with van der Waals surface area (Å²) in [5.41, 5.74) is 4.24. The number of phenolic OH excluding ortho intramolecular Hbond substituents is 1. The maximum Gasteiger partial charge on any atom is 0.126 e. The van der Waals surface area contributed by atoms with E-state index in [0.29, 0.717) is 11.8 Å². The Hall–Kier alpha value is -1.84. The zero-order chi connectivity index (χ0) is 16.2. The molecule has 1 aliphatic rings. The van der Waals surface area contributed by atoms with Gasteiger partial charge in [-0.3, -0.25) is 4.90 Å². The van der Waals surface area contributed by atoms with Crippen molar-refractivity contribution in [1.82, 2.24) is 10.2 Å². The molecular formula is C20H26N2O. The number of rotatable bonds is 4. The molecule has 1 fully saturated rings. The molecule has 3 rings (SSSR count). The van der Waals surface area contributed by atoms with Crippen molar-refractivity contribution in [2.45, 2.75) is 26.3 Å². The van der Waals surface area contributed by atoms with Crippen molar-refractivity contribution in [3.05, 3.63) is 53.6 Å². The highest BCUT2D eigenvalue weighted by atomic mass is 16.3. The van der Waals surface area contributed by atoms with Crippen molar-refractivity contribution >= 4 is 0 Å². The van der Waals surface area contributed by atoms with Gasteiger partial charge in [-0.2, -0.15) is 0 Å². The molecule has 0 spiro atoms. The summed E-state index contributed by atoms with van der Waals surface area (Å²) in [5.74, 6) is 0.419. The van der Waals surface area contributed by atoms with Crippen LogP contribution in [0.1, 0.15) is 18.1 Å². The first kappa shape index (κ1) is 16.0. The summed E-state index contributed by atoms with van der Waals surface area (Å²) in [6.45, 7) is 8.59. The predicted octanol–water partition coefficient (Wildman–Crippen LogP) is 3.20. The lowest BCUT2D eigenvalue weighted by molar-refractivity contribution is 0.176. The van der Waals surface area contributed by atoms with Crippen molar-refractivity contribution in [2.24, 2.45) is 0 Å². The van der Waals surface area contributed by atoms with Crippen LogP contribution in [0.15, 0.2) is 42.5 Å². The lowest BCUT2D eigenvalue weighted by Gasteiger charge is -2.34. The highest BCUT2D eigenvalue weighted by Gasteiger charge is 2.18. The monoisotopic (exact) mass is 310 g/mol. The third-order valence-corrected chi connectivity index (χ3v) is 4.94. The van der Waals surface area contributed by atoms with Gasteiger partial charge in [-0.05, 0) is 37.0 Å². The molecule has 0 saturated carbocycles. The molecule has 2 aromatic rings. The van der Waals surface area contributed by atoms with Crippen molar-refractivity contribution in [3.8, 4) is 16.9 Å². The van der Waals surface area contributed by atoms with Crippen LogP contribution in [0.3, 0.4) is 0 Å². The molecule has 0 aromatic heterocycles. The van der Waals surface area contributed by atoms with Gasteiger partial charge in [0.15, 0.2) is 0 Å². The Labute approximate surface area is 139 Å². The SMILES string of the molecule is Cc1c(CCN2CCNCC2C)ccc(-c2ccccc2)c1O. The van der Waals surface area contributed by atoms with Crippen LogP contribution in [-0.4, -0.2) is 42.2 Å². The number of piperazine rings is 1. The van der Waals surface area contributed by atoms with Crippen molar-refractivity contribution in [1.29, 1.82) is 0 Å². The average Bonchev–Trinajstić information content (AvgIpc) is 2.58. The quantitative estimate of drug-likeness (QED) is 0.910. The smallest absolute Gasteiger partial charge is 0.126 e. The molecule has 3 heteroatoms. The molecule has 0 aliphatic carbocycles. The molecule has 0 radical (unpaired) electrons. The lowest BCUT2D eigenvalue weighted by Crippen LogP contribution is -2.50. The van der Waals surface area contributed by atoms with E-state index in [1.807, 2.05) is 43.3 Å². The third kappa shape index (κ3) is 3.57. The molecule has 3 nitrogen and oxygen atoms in total. The van der Waals surface area contributed by atoms with Gasteiger partial charge >= 0.3 is 0 Å². The van der Waals surface area contributed by atoms with E-state index < -0.39 is 0 Å². The minimum absolute atomic E-state index is 0.419. The van der Waals surface area contributed by atoms with Crippen LogP contribution in [0.2, 0.25) is 0 Å². The highest BCUT2D eigenvalue weighted by Crippen LogP contribution is 2.33. The topological polar surface area (TPSA) is 35.5 Å². The van der Waals surface area contributed by atoms with Crippen molar-refractivity contribution < 1.29 is 5.11 Å². The molecule has 23 heavy (non-hydrogen) atoms. The first-order chi connectivity index (χ1) is 11.2. The van der Waals surface area contributed by atoms with E-state index in [0.717, 1.165) is 49.3 Å². The Bertz CT molecular complexity index is 654. The molecule has 1 heterocycles. The standard InChI is InChI=1S/C20H26N2O/c1-15-14-21-11-13-22(15)12-10-17-8-9-19(20(23)16(17)2)18-6-4-3-5-7-18/h3-9,15,21,23H,10-14H2,1-2H3. The number of benzene rings is 2. The van der Waals surface area contributed by atoms with E-state index in [-0.39, 0.29) is 0 Å². The van der Waals surface area contributed by atoms with E-state index >= 15 is 0 Å². The summed E-state index contributed by atoms with van der Waals surface area (Å²) >= 11 is 0. The Balaban J connectivity index is 1.75. The molecule has 1 saturated heterocycles. The number of phenols is 1. The van der Waals surface area contributed by atoms with Crippen LogP contribution >= 0.6 is 0 Å². The van der Waals surface area contributed by atoms with Crippen LogP contribution < -0.4 is 5.32 Å². The second-order valence-corrected chi connectivity index (χ2v) is 6.45. The number of nitrogens with zero attached hydrogens (tertiary/aromatic N) is 1. The van der Waals surface area contributed by atoms with Gasteiger partial charge in [0.05, 0.1) is 0 Å². The number of hydrogen-bond acceptors (Lipinski definition) is 3. The van der Waals surface area contributed by atoms with Gasteiger partial charge in [-0.25, -0.2) is 0 Å². The molecule has 2 N–H and O–H groups in total. The number of hydrogen-bond donors (Lipinski definition) is 2. The van der Waals surface area contributed by atoms with Gasteiger partial charge in [0, 0.05) is 37.8 Å². The molecule has 1 unspecified atom stereocenters.